The minimum atomic E-state index is -3.12. The first-order valence-corrected chi connectivity index (χ1v) is 8.39. The first-order chi connectivity index (χ1) is 8.58. The predicted octanol–water partition coefficient (Wildman–Crippen LogP) is 0.752. The second-order valence-electron chi connectivity index (χ2n) is 6.12. The fourth-order valence-electron chi connectivity index (χ4n) is 1.73. The number of hydrogen-bond acceptors (Lipinski definition) is 5. The van der Waals surface area contributed by atoms with E-state index in [1.54, 1.807) is 5.06 Å². The summed E-state index contributed by atoms with van der Waals surface area (Å²) in [4.78, 5) is 17.0. The first-order valence-electron chi connectivity index (χ1n) is 6.50. The van der Waals surface area contributed by atoms with E-state index in [1.165, 1.54) is 0 Å². The number of carbonyl (C=O) groups excluding carboxylic acids is 1. The standard InChI is InChI=1S/C12H24N2O4S/c1-12(2,3)11(15)18-14-7-5-10(6-8-14)9-13-19(4,16)17/h10,13H,5-9H2,1-4H3. The highest BCUT2D eigenvalue weighted by atomic mass is 32.2. The molecular formula is C12H24N2O4S. The molecule has 0 aromatic heterocycles. The maximum absolute atomic E-state index is 11.7. The van der Waals surface area contributed by atoms with Gasteiger partial charge in [-0.05, 0) is 39.5 Å². The lowest BCUT2D eigenvalue weighted by molar-refractivity contribution is -0.205. The highest BCUT2D eigenvalue weighted by Gasteiger charge is 2.28. The van der Waals surface area contributed by atoms with E-state index in [4.69, 9.17) is 4.84 Å². The summed E-state index contributed by atoms with van der Waals surface area (Å²) in [5.41, 5.74) is -0.505. The molecule has 6 nitrogen and oxygen atoms in total. The topological polar surface area (TPSA) is 75.7 Å². The number of nitrogens with one attached hydrogen (secondary N) is 1. The van der Waals surface area contributed by atoms with Crippen molar-refractivity contribution in [2.75, 3.05) is 25.9 Å². The summed E-state index contributed by atoms with van der Waals surface area (Å²) in [7, 11) is -3.12. The summed E-state index contributed by atoms with van der Waals surface area (Å²) >= 11 is 0. The van der Waals surface area contributed by atoms with Crippen LogP contribution in [0.1, 0.15) is 33.6 Å². The van der Waals surface area contributed by atoms with Crippen molar-refractivity contribution in [3.63, 3.8) is 0 Å². The van der Waals surface area contributed by atoms with Crippen LogP contribution in [0.25, 0.3) is 0 Å². The Bertz CT molecular complexity index is 406. The van der Waals surface area contributed by atoms with Crippen molar-refractivity contribution in [1.82, 2.24) is 9.79 Å². The van der Waals surface area contributed by atoms with Crippen LogP contribution in [0.4, 0.5) is 0 Å². The minimum Gasteiger partial charge on any atom is -0.367 e. The van der Waals surface area contributed by atoms with Crippen LogP contribution in [-0.2, 0) is 19.7 Å². The molecule has 1 rings (SSSR count). The average molecular weight is 292 g/mol. The maximum atomic E-state index is 11.7. The van der Waals surface area contributed by atoms with E-state index in [9.17, 15) is 13.2 Å². The van der Waals surface area contributed by atoms with Gasteiger partial charge >= 0.3 is 5.97 Å². The lowest BCUT2D eigenvalue weighted by atomic mass is 9.97. The molecule has 0 unspecified atom stereocenters. The second kappa shape index (κ2) is 6.19. The van der Waals surface area contributed by atoms with E-state index in [2.05, 4.69) is 4.72 Å². The molecule has 0 aliphatic carbocycles. The molecule has 1 aliphatic heterocycles. The zero-order valence-corrected chi connectivity index (χ0v) is 12.9. The van der Waals surface area contributed by atoms with E-state index in [-0.39, 0.29) is 5.97 Å². The Morgan fingerprint density at radius 3 is 2.26 bits per heavy atom. The van der Waals surface area contributed by atoms with Crippen LogP contribution in [0.5, 0.6) is 0 Å². The van der Waals surface area contributed by atoms with Gasteiger partial charge in [0.05, 0.1) is 11.7 Å². The number of carbonyl (C=O) groups is 1. The fourth-order valence-corrected chi connectivity index (χ4v) is 2.27. The van der Waals surface area contributed by atoms with Crippen molar-refractivity contribution >= 4 is 16.0 Å². The van der Waals surface area contributed by atoms with Crippen LogP contribution in [-0.4, -0.2) is 45.3 Å². The molecule has 0 bridgehead atoms. The van der Waals surface area contributed by atoms with Crippen LogP contribution in [0.2, 0.25) is 0 Å². The van der Waals surface area contributed by atoms with E-state index >= 15 is 0 Å². The van der Waals surface area contributed by atoms with Gasteiger partial charge < -0.3 is 4.84 Å². The van der Waals surface area contributed by atoms with Gasteiger partial charge in [-0.1, -0.05) is 0 Å². The van der Waals surface area contributed by atoms with Gasteiger partial charge in [-0.3, -0.25) is 0 Å². The molecule has 112 valence electrons. The molecule has 0 aromatic carbocycles. The van der Waals surface area contributed by atoms with Crippen LogP contribution in [0.3, 0.4) is 0 Å². The largest absolute Gasteiger partial charge is 0.367 e. The molecule has 1 heterocycles. The van der Waals surface area contributed by atoms with Crippen LogP contribution in [0, 0.1) is 11.3 Å². The number of nitrogens with zero attached hydrogens (tertiary/aromatic N) is 1. The third kappa shape index (κ3) is 6.35. The van der Waals surface area contributed by atoms with Gasteiger partial charge in [0.15, 0.2) is 0 Å². The molecule has 0 saturated carbocycles. The molecule has 19 heavy (non-hydrogen) atoms. The Hall–Kier alpha value is -0.660. The van der Waals surface area contributed by atoms with Crippen molar-refractivity contribution in [3.8, 4) is 0 Å². The minimum absolute atomic E-state index is 0.236. The van der Waals surface area contributed by atoms with Crippen molar-refractivity contribution in [2.45, 2.75) is 33.6 Å². The van der Waals surface area contributed by atoms with Gasteiger partial charge in [-0.25, -0.2) is 17.9 Å². The quantitative estimate of drug-likeness (QED) is 0.827. The molecule has 1 N–H and O–H groups in total. The van der Waals surface area contributed by atoms with Gasteiger partial charge in [-0.15, -0.1) is 5.06 Å². The van der Waals surface area contributed by atoms with Gasteiger partial charge in [-0.2, -0.15) is 0 Å². The number of hydrogen-bond donors (Lipinski definition) is 1. The highest BCUT2D eigenvalue weighted by Crippen LogP contribution is 2.20. The van der Waals surface area contributed by atoms with E-state index in [1.807, 2.05) is 20.8 Å². The Morgan fingerprint density at radius 2 is 1.84 bits per heavy atom. The van der Waals surface area contributed by atoms with Crippen molar-refractivity contribution < 1.29 is 18.0 Å². The Labute approximate surface area is 115 Å². The van der Waals surface area contributed by atoms with Crippen molar-refractivity contribution in [2.24, 2.45) is 11.3 Å². The fraction of sp³-hybridized carbons (Fsp3) is 0.917. The van der Waals surface area contributed by atoms with Gasteiger partial charge in [0.2, 0.25) is 10.0 Å². The predicted molar refractivity (Wildman–Crippen MR) is 72.7 cm³/mol. The van der Waals surface area contributed by atoms with Crippen molar-refractivity contribution in [1.29, 1.82) is 0 Å². The summed E-state index contributed by atoms with van der Waals surface area (Å²) in [6.45, 7) is 7.21. The van der Waals surface area contributed by atoms with E-state index < -0.39 is 15.4 Å². The number of rotatable bonds is 4. The van der Waals surface area contributed by atoms with Crippen LogP contribution < -0.4 is 4.72 Å². The Balaban J connectivity index is 2.31. The molecule has 0 radical (unpaired) electrons. The SMILES string of the molecule is CC(C)(C)C(=O)ON1CCC(CNS(C)(=O)=O)CC1. The molecule has 0 amide bonds. The Kier molecular flexibility index (Phi) is 5.34. The third-order valence-electron chi connectivity index (χ3n) is 3.03. The molecule has 1 aliphatic rings. The summed E-state index contributed by atoms with van der Waals surface area (Å²) in [6, 6.07) is 0. The molecule has 0 aromatic rings. The zero-order chi connectivity index (χ0) is 14.7. The molecule has 1 fully saturated rings. The molecule has 1 saturated heterocycles. The van der Waals surface area contributed by atoms with Crippen LogP contribution in [0.15, 0.2) is 0 Å². The summed E-state index contributed by atoms with van der Waals surface area (Å²) < 4.78 is 24.5. The van der Waals surface area contributed by atoms with Crippen molar-refractivity contribution in [3.05, 3.63) is 0 Å². The third-order valence-corrected chi connectivity index (χ3v) is 3.72. The molecule has 7 heteroatoms. The molecular weight excluding hydrogens is 268 g/mol. The Morgan fingerprint density at radius 1 is 1.32 bits per heavy atom. The molecule has 0 spiro atoms. The summed E-state index contributed by atoms with van der Waals surface area (Å²) in [6.07, 6.45) is 2.80. The number of hydroxylamine groups is 2. The zero-order valence-electron chi connectivity index (χ0n) is 12.1. The maximum Gasteiger partial charge on any atom is 0.330 e. The van der Waals surface area contributed by atoms with E-state index in [0.717, 1.165) is 19.1 Å². The lowest BCUT2D eigenvalue weighted by Gasteiger charge is -2.32. The molecule has 0 atom stereocenters. The summed E-state index contributed by atoms with van der Waals surface area (Å²) in [5, 5.41) is 1.67. The number of piperidine rings is 1. The highest BCUT2D eigenvalue weighted by molar-refractivity contribution is 7.88. The van der Waals surface area contributed by atoms with Crippen LogP contribution >= 0.6 is 0 Å². The monoisotopic (exact) mass is 292 g/mol. The average Bonchev–Trinajstić information content (AvgIpc) is 2.26. The second-order valence-corrected chi connectivity index (χ2v) is 7.95. The van der Waals surface area contributed by atoms with Gasteiger partial charge in [0.1, 0.15) is 0 Å². The van der Waals surface area contributed by atoms with Gasteiger partial charge in [0.25, 0.3) is 0 Å². The number of sulfonamides is 1. The smallest absolute Gasteiger partial charge is 0.330 e. The first kappa shape index (κ1) is 16.4. The van der Waals surface area contributed by atoms with E-state index in [0.29, 0.717) is 25.6 Å². The summed E-state index contributed by atoms with van der Waals surface area (Å²) in [5.74, 6) is 0.0690. The normalized spacial score (nSPS) is 19.4. The lowest BCUT2D eigenvalue weighted by Crippen LogP contribution is -2.41. The van der Waals surface area contributed by atoms with Gasteiger partial charge in [0, 0.05) is 19.6 Å².